The second-order valence-corrected chi connectivity index (χ2v) is 21.6. The summed E-state index contributed by atoms with van der Waals surface area (Å²) in [5, 5.41) is 24.7. The predicted octanol–water partition coefficient (Wildman–Crippen LogP) is 20.9. The number of rotatable bonds is 10. The second kappa shape index (κ2) is 21.8. The van der Waals surface area contributed by atoms with Crippen LogP contribution in [0.5, 0.6) is 0 Å². The molecule has 0 fully saturated rings. The summed E-state index contributed by atoms with van der Waals surface area (Å²) in [6.45, 7) is 16.3. The van der Waals surface area contributed by atoms with Crippen LogP contribution in [-0.4, -0.2) is 19.1 Å². The zero-order valence-corrected chi connectivity index (χ0v) is 47.1. The van der Waals surface area contributed by atoms with Gasteiger partial charge >= 0.3 is 0 Å². The maximum atomic E-state index is 10.4. The van der Waals surface area contributed by atoms with E-state index in [-0.39, 0.29) is 0 Å². The van der Waals surface area contributed by atoms with Crippen LogP contribution in [0.3, 0.4) is 0 Å². The SMILES string of the molecule is [C-]#[N+]c1ccccc1-c1ccc2c(c1)c1cc(-c3ccccc3C#N)ccc1n2-c1ccccc1-c1cc(-c2cc(-c3ccccc3)nc(-c3ccccc3)n2)ccc1-n1c2ccc(-c3ccccc3C#N)cc2c2cc(-c3ccccc3[N+]#[C-])ccc21. The Labute approximate surface area is 507 Å². The molecule has 0 N–H and O–H groups in total. The highest BCUT2D eigenvalue weighted by atomic mass is 15.0. The van der Waals surface area contributed by atoms with Gasteiger partial charge in [0.15, 0.2) is 17.2 Å². The minimum atomic E-state index is 0.567. The minimum Gasteiger partial charge on any atom is -0.309 e. The van der Waals surface area contributed by atoms with Crippen LogP contribution in [-0.2, 0) is 0 Å². The maximum absolute atomic E-state index is 10.4. The number of nitrogens with zero attached hydrogens (tertiary/aromatic N) is 8. The number of fused-ring (bicyclic) bond motifs is 6. The van der Waals surface area contributed by atoms with Gasteiger partial charge in [-0.15, -0.1) is 0 Å². The lowest BCUT2D eigenvalue weighted by Gasteiger charge is -2.20. The minimum absolute atomic E-state index is 0.567. The van der Waals surface area contributed by atoms with Crippen LogP contribution in [0.15, 0.2) is 279 Å². The van der Waals surface area contributed by atoms with Crippen LogP contribution in [0.25, 0.3) is 154 Å². The van der Waals surface area contributed by atoms with Gasteiger partial charge in [-0.05, 0) is 129 Å². The molecule has 15 aromatic rings. The van der Waals surface area contributed by atoms with Crippen molar-refractivity contribution in [3.8, 4) is 113 Å². The average Bonchev–Trinajstić information content (AvgIpc) is 1.61. The van der Waals surface area contributed by atoms with Crippen molar-refractivity contribution in [1.29, 1.82) is 10.5 Å². The van der Waals surface area contributed by atoms with E-state index >= 15 is 0 Å². The first-order valence-corrected chi connectivity index (χ1v) is 28.8. The Morgan fingerprint density at radius 2 is 0.659 bits per heavy atom. The monoisotopic (exact) mass is 1120 g/mol. The Morgan fingerprint density at radius 3 is 1.12 bits per heavy atom. The van der Waals surface area contributed by atoms with Crippen LogP contribution in [0.1, 0.15) is 11.1 Å². The molecule has 406 valence electrons. The lowest BCUT2D eigenvalue weighted by Crippen LogP contribution is -2.02. The molecule has 8 nitrogen and oxygen atoms in total. The molecule has 3 aromatic heterocycles. The first kappa shape index (κ1) is 52.1. The summed E-state index contributed by atoms with van der Waals surface area (Å²) in [5.74, 6) is 0.607. The number of benzene rings is 12. The molecule has 12 aromatic carbocycles. The molecular weight excluding hydrogens is 1070 g/mol. The fourth-order valence-electron chi connectivity index (χ4n) is 12.6. The molecular formula is C80H46N8. The summed E-state index contributed by atoms with van der Waals surface area (Å²) in [6, 6.07) is 99.2. The van der Waals surface area contributed by atoms with Crippen molar-refractivity contribution in [2.24, 2.45) is 0 Å². The third kappa shape index (κ3) is 8.91. The smallest absolute Gasteiger partial charge is 0.194 e. The first-order chi connectivity index (χ1) is 43.5. The van der Waals surface area contributed by atoms with Gasteiger partial charge in [0.1, 0.15) is 0 Å². The summed E-state index contributed by atoms with van der Waals surface area (Å²) < 4.78 is 4.69. The third-order valence-corrected chi connectivity index (χ3v) is 16.7. The Balaban J connectivity index is 1.03. The van der Waals surface area contributed by atoms with Gasteiger partial charge in [-0.25, -0.2) is 19.7 Å². The summed E-state index contributed by atoms with van der Waals surface area (Å²) in [7, 11) is 0. The molecule has 0 atom stereocenters. The van der Waals surface area contributed by atoms with Gasteiger partial charge in [0.25, 0.3) is 0 Å². The van der Waals surface area contributed by atoms with Crippen molar-refractivity contribution < 1.29 is 0 Å². The Morgan fingerprint density at radius 1 is 0.295 bits per heavy atom. The van der Waals surface area contributed by atoms with Crippen molar-refractivity contribution in [2.75, 3.05) is 0 Å². The highest BCUT2D eigenvalue weighted by molar-refractivity contribution is 6.14. The molecule has 0 aliphatic rings. The van der Waals surface area contributed by atoms with Gasteiger partial charge in [0.05, 0.1) is 81.2 Å². The van der Waals surface area contributed by atoms with E-state index in [0.717, 1.165) is 139 Å². The van der Waals surface area contributed by atoms with Gasteiger partial charge in [0, 0.05) is 49.4 Å². The lowest BCUT2D eigenvalue weighted by atomic mass is 9.96. The zero-order valence-electron chi connectivity index (χ0n) is 47.1. The molecule has 3 heterocycles. The van der Waals surface area contributed by atoms with E-state index in [4.69, 9.17) is 23.1 Å². The van der Waals surface area contributed by atoms with Crippen LogP contribution >= 0.6 is 0 Å². The molecule has 0 radical (unpaired) electrons. The fraction of sp³-hybridized carbons (Fsp3) is 0. The summed E-state index contributed by atoms with van der Waals surface area (Å²) in [5.41, 5.74) is 21.1. The van der Waals surface area contributed by atoms with E-state index in [2.05, 4.69) is 164 Å². The van der Waals surface area contributed by atoms with Gasteiger partial charge in [-0.1, -0.05) is 194 Å². The number of aromatic nitrogens is 4. The molecule has 0 saturated heterocycles. The van der Waals surface area contributed by atoms with E-state index in [1.54, 1.807) is 0 Å². The Hall–Kier alpha value is -12.7. The molecule has 0 aliphatic carbocycles. The van der Waals surface area contributed by atoms with Crippen LogP contribution < -0.4 is 0 Å². The van der Waals surface area contributed by atoms with Crippen molar-refractivity contribution in [3.05, 3.63) is 313 Å². The van der Waals surface area contributed by atoms with Crippen LogP contribution in [0.4, 0.5) is 11.4 Å². The maximum Gasteiger partial charge on any atom is 0.194 e. The molecule has 0 bridgehead atoms. The second-order valence-electron chi connectivity index (χ2n) is 21.6. The van der Waals surface area contributed by atoms with Gasteiger partial charge in [0.2, 0.25) is 0 Å². The van der Waals surface area contributed by atoms with E-state index < -0.39 is 0 Å². The predicted molar refractivity (Wildman–Crippen MR) is 356 cm³/mol. The summed E-state index contributed by atoms with van der Waals surface area (Å²) >= 11 is 0. The van der Waals surface area contributed by atoms with Crippen LogP contribution in [0.2, 0.25) is 0 Å². The van der Waals surface area contributed by atoms with Crippen molar-refractivity contribution in [2.45, 2.75) is 0 Å². The Kier molecular flexibility index (Phi) is 12.9. The lowest BCUT2D eigenvalue weighted by molar-refractivity contribution is 1.16. The van der Waals surface area contributed by atoms with Gasteiger partial charge in [-0.3, -0.25) is 0 Å². The average molecular weight is 1120 g/mol. The van der Waals surface area contributed by atoms with E-state index in [1.165, 1.54) is 0 Å². The molecule has 8 heteroatoms. The molecule has 0 aliphatic heterocycles. The van der Waals surface area contributed by atoms with E-state index in [0.29, 0.717) is 28.3 Å². The fourth-order valence-corrected chi connectivity index (χ4v) is 12.6. The normalized spacial score (nSPS) is 11.1. The van der Waals surface area contributed by atoms with Crippen molar-refractivity contribution in [3.63, 3.8) is 0 Å². The molecule has 0 saturated carbocycles. The number of hydrogen-bond donors (Lipinski definition) is 0. The molecule has 88 heavy (non-hydrogen) atoms. The van der Waals surface area contributed by atoms with Crippen LogP contribution in [0, 0.1) is 35.8 Å². The number of para-hydroxylation sites is 3. The number of nitriles is 2. The Bertz CT molecular complexity index is 5220. The van der Waals surface area contributed by atoms with Crippen molar-refractivity contribution in [1.82, 2.24) is 19.1 Å². The van der Waals surface area contributed by atoms with E-state index in [9.17, 15) is 10.5 Å². The molecule has 0 spiro atoms. The van der Waals surface area contributed by atoms with Crippen molar-refractivity contribution >= 4 is 55.0 Å². The largest absolute Gasteiger partial charge is 0.309 e. The molecule has 0 amide bonds. The zero-order chi connectivity index (χ0) is 59.2. The standard InChI is InChI=1S/C80H46N8/c1-83-70-30-16-13-27-62(70)55-35-40-77-68(45-55)66-43-53(60-25-11-9-23-58(60)49-81)33-38-76(66)87(77)74-32-18-15-29-64(74)65-47-57(73-48-72(51-19-5-3-6-20-51)85-80(86-73)52-21-7-4-8-22-52)37-42-75(65)88-78-39-34-54(61-26-12-10-24-59(61)50-82)44-67(78)69-46-56(36-41-79(69)88)63-28-14-17-31-71(63)84-2/h3-48H. The highest BCUT2D eigenvalue weighted by Gasteiger charge is 2.24. The molecule has 0 unspecified atom stereocenters. The topological polar surface area (TPSA) is 91.9 Å². The van der Waals surface area contributed by atoms with Gasteiger partial charge in [-0.2, -0.15) is 10.5 Å². The summed E-state index contributed by atoms with van der Waals surface area (Å²) in [4.78, 5) is 18.4. The van der Waals surface area contributed by atoms with E-state index in [1.807, 2.05) is 146 Å². The number of hydrogen-bond acceptors (Lipinski definition) is 4. The summed E-state index contributed by atoms with van der Waals surface area (Å²) in [6.07, 6.45) is 0. The third-order valence-electron chi connectivity index (χ3n) is 16.7. The van der Waals surface area contributed by atoms with Gasteiger partial charge < -0.3 is 9.13 Å². The first-order valence-electron chi connectivity index (χ1n) is 28.8. The quantitative estimate of drug-likeness (QED) is 0.128. The molecule has 15 rings (SSSR count). The highest BCUT2D eigenvalue weighted by Crippen LogP contribution is 2.46.